The standard InChI is InChI=1S/C19H25N3O3/c1-14-11-17(20-25-14)13-19(23)22-9-7-21(8-10-22)15(2)16-5-4-6-18(12-16)24-3/h4-6,11-12,15H,7-10,13H2,1-3H3. The molecular weight excluding hydrogens is 318 g/mol. The molecule has 1 aliphatic heterocycles. The average molecular weight is 343 g/mol. The van der Waals surface area contributed by atoms with Crippen LogP contribution in [0.25, 0.3) is 0 Å². The number of piperazine rings is 1. The van der Waals surface area contributed by atoms with Crippen LogP contribution in [0.1, 0.15) is 30.0 Å². The summed E-state index contributed by atoms with van der Waals surface area (Å²) in [6, 6.07) is 10.3. The molecule has 0 radical (unpaired) electrons. The van der Waals surface area contributed by atoms with E-state index in [0.29, 0.717) is 18.2 Å². The van der Waals surface area contributed by atoms with Crippen LogP contribution in [-0.4, -0.2) is 54.2 Å². The molecule has 6 heteroatoms. The van der Waals surface area contributed by atoms with Gasteiger partial charge in [-0.2, -0.15) is 0 Å². The third kappa shape index (κ3) is 4.20. The van der Waals surface area contributed by atoms with E-state index in [4.69, 9.17) is 9.26 Å². The summed E-state index contributed by atoms with van der Waals surface area (Å²) < 4.78 is 10.3. The lowest BCUT2D eigenvalue weighted by atomic mass is 10.1. The van der Waals surface area contributed by atoms with Crippen LogP contribution in [0, 0.1) is 6.92 Å². The molecule has 0 bridgehead atoms. The molecule has 0 saturated carbocycles. The summed E-state index contributed by atoms with van der Waals surface area (Å²) in [6.45, 7) is 7.24. The predicted octanol–water partition coefficient (Wildman–Crippen LogP) is 2.44. The van der Waals surface area contributed by atoms with E-state index < -0.39 is 0 Å². The normalized spacial score (nSPS) is 16.7. The number of methoxy groups -OCH3 is 1. The van der Waals surface area contributed by atoms with Gasteiger partial charge in [0.1, 0.15) is 11.5 Å². The van der Waals surface area contributed by atoms with Gasteiger partial charge in [0, 0.05) is 38.3 Å². The Morgan fingerprint density at radius 1 is 1.28 bits per heavy atom. The van der Waals surface area contributed by atoms with E-state index >= 15 is 0 Å². The quantitative estimate of drug-likeness (QED) is 0.834. The highest BCUT2D eigenvalue weighted by molar-refractivity contribution is 5.78. The highest BCUT2D eigenvalue weighted by Crippen LogP contribution is 2.25. The summed E-state index contributed by atoms with van der Waals surface area (Å²) in [5.74, 6) is 1.72. The van der Waals surface area contributed by atoms with Crippen LogP contribution in [-0.2, 0) is 11.2 Å². The van der Waals surface area contributed by atoms with Gasteiger partial charge in [-0.25, -0.2) is 0 Å². The van der Waals surface area contributed by atoms with E-state index in [1.54, 1.807) is 7.11 Å². The zero-order valence-corrected chi connectivity index (χ0v) is 15.1. The molecule has 0 N–H and O–H groups in total. The minimum atomic E-state index is 0.113. The zero-order chi connectivity index (χ0) is 17.8. The van der Waals surface area contributed by atoms with Crippen molar-refractivity contribution in [1.82, 2.24) is 15.0 Å². The number of ether oxygens (including phenoxy) is 1. The highest BCUT2D eigenvalue weighted by Gasteiger charge is 2.25. The van der Waals surface area contributed by atoms with Crippen molar-refractivity contribution in [2.75, 3.05) is 33.3 Å². The summed E-state index contributed by atoms with van der Waals surface area (Å²) in [6.07, 6.45) is 0.308. The second-order valence-corrected chi connectivity index (χ2v) is 6.48. The van der Waals surface area contributed by atoms with Gasteiger partial charge in [0.05, 0.1) is 19.2 Å². The molecule has 0 spiro atoms. The average Bonchev–Trinajstić information content (AvgIpc) is 3.06. The number of hydrogen-bond donors (Lipinski definition) is 0. The Hall–Kier alpha value is -2.34. The van der Waals surface area contributed by atoms with E-state index in [2.05, 4.69) is 29.1 Å². The largest absolute Gasteiger partial charge is 0.497 e. The van der Waals surface area contributed by atoms with Crippen molar-refractivity contribution < 1.29 is 14.1 Å². The van der Waals surface area contributed by atoms with Crippen molar-refractivity contribution in [2.24, 2.45) is 0 Å². The number of benzene rings is 1. The van der Waals surface area contributed by atoms with Crippen molar-refractivity contribution in [3.63, 3.8) is 0 Å². The first-order valence-electron chi connectivity index (χ1n) is 8.65. The van der Waals surface area contributed by atoms with Gasteiger partial charge in [0.25, 0.3) is 0 Å². The molecular formula is C19H25N3O3. The fraction of sp³-hybridized carbons (Fsp3) is 0.474. The minimum Gasteiger partial charge on any atom is -0.497 e. The fourth-order valence-electron chi connectivity index (χ4n) is 3.24. The number of carbonyl (C=O) groups is 1. The fourth-order valence-corrected chi connectivity index (χ4v) is 3.24. The van der Waals surface area contributed by atoms with Gasteiger partial charge in [0.15, 0.2) is 0 Å². The van der Waals surface area contributed by atoms with Crippen LogP contribution in [0.5, 0.6) is 5.75 Å². The molecule has 1 atom stereocenters. The Labute approximate surface area is 148 Å². The number of hydrogen-bond acceptors (Lipinski definition) is 5. The molecule has 1 unspecified atom stereocenters. The number of carbonyl (C=O) groups excluding carboxylic acids is 1. The Balaban J connectivity index is 1.54. The second kappa shape index (κ2) is 7.70. The number of rotatable bonds is 5. The highest BCUT2D eigenvalue weighted by atomic mass is 16.5. The molecule has 1 fully saturated rings. The predicted molar refractivity (Wildman–Crippen MR) is 94.5 cm³/mol. The molecule has 1 aromatic heterocycles. The first-order chi connectivity index (χ1) is 12.1. The SMILES string of the molecule is COc1cccc(C(C)N2CCN(C(=O)Cc3cc(C)on3)CC2)c1. The van der Waals surface area contributed by atoms with Crippen molar-refractivity contribution in [3.8, 4) is 5.75 Å². The molecule has 1 aromatic carbocycles. The molecule has 25 heavy (non-hydrogen) atoms. The van der Waals surface area contributed by atoms with Crippen LogP contribution >= 0.6 is 0 Å². The Bertz CT molecular complexity index is 720. The van der Waals surface area contributed by atoms with Gasteiger partial charge in [-0.05, 0) is 31.5 Å². The number of nitrogens with zero attached hydrogens (tertiary/aromatic N) is 3. The van der Waals surface area contributed by atoms with Gasteiger partial charge < -0.3 is 14.2 Å². The number of amides is 1. The van der Waals surface area contributed by atoms with Crippen LogP contribution in [0.4, 0.5) is 0 Å². The van der Waals surface area contributed by atoms with Crippen LogP contribution < -0.4 is 4.74 Å². The monoisotopic (exact) mass is 343 g/mol. The molecule has 2 aromatic rings. The summed E-state index contributed by atoms with van der Waals surface area (Å²) in [5.41, 5.74) is 1.94. The zero-order valence-electron chi connectivity index (χ0n) is 15.1. The van der Waals surface area contributed by atoms with E-state index in [-0.39, 0.29) is 5.91 Å². The molecule has 1 amide bonds. The lowest BCUT2D eigenvalue weighted by Gasteiger charge is -2.38. The van der Waals surface area contributed by atoms with Gasteiger partial charge in [-0.15, -0.1) is 0 Å². The minimum absolute atomic E-state index is 0.113. The molecule has 1 aliphatic rings. The molecule has 134 valence electrons. The van der Waals surface area contributed by atoms with Crippen molar-refractivity contribution in [1.29, 1.82) is 0 Å². The molecule has 0 aliphatic carbocycles. The third-order valence-electron chi connectivity index (χ3n) is 4.80. The Kier molecular flexibility index (Phi) is 5.38. The smallest absolute Gasteiger partial charge is 0.228 e. The van der Waals surface area contributed by atoms with Crippen LogP contribution in [0.2, 0.25) is 0 Å². The maximum absolute atomic E-state index is 12.4. The van der Waals surface area contributed by atoms with Gasteiger partial charge in [-0.3, -0.25) is 9.69 Å². The van der Waals surface area contributed by atoms with Crippen LogP contribution in [0.3, 0.4) is 0 Å². The van der Waals surface area contributed by atoms with Gasteiger partial charge in [-0.1, -0.05) is 17.3 Å². The molecule has 6 nitrogen and oxygen atoms in total. The van der Waals surface area contributed by atoms with Crippen molar-refractivity contribution >= 4 is 5.91 Å². The lowest BCUT2D eigenvalue weighted by molar-refractivity contribution is -0.132. The molecule has 1 saturated heterocycles. The van der Waals surface area contributed by atoms with Gasteiger partial charge in [0.2, 0.25) is 5.91 Å². The molecule has 3 rings (SSSR count). The first kappa shape index (κ1) is 17.5. The Morgan fingerprint density at radius 2 is 2.04 bits per heavy atom. The van der Waals surface area contributed by atoms with Crippen LogP contribution in [0.15, 0.2) is 34.9 Å². The maximum atomic E-state index is 12.4. The Morgan fingerprint density at radius 3 is 2.68 bits per heavy atom. The van der Waals surface area contributed by atoms with E-state index in [9.17, 15) is 4.79 Å². The van der Waals surface area contributed by atoms with Crippen molar-refractivity contribution in [3.05, 3.63) is 47.3 Å². The van der Waals surface area contributed by atoms with E-state index in [0.717, 1.165) is 37.7 Å². The summed E-state index contributed by atoms with van der Waals surface area (Å²) >= 11 is 0. The molecule has 2 heterocycles. The number of aromatic nitrogens is 1. The summed E-state index contributed by atoms with van der Waals surface area (Å²) in [5, 5.41) is 3.90. The van der Waals surface area contributed by atoms with E-state index in [1.165, 1.54) is 5.56 Å². The third-order valence-corrected chi connectivity index (χ3v) is 4.80. The van der Waals surface area contributed by atoms with E-state index in [1.807, 2.05) is 30.0 Å². The van der Waals surface area contributed by atoms with Gasteiger partial charge >= 0.3 is 0 Å². The first-order valence-corrected chi connectivity index (χ1v) is 8.65. The summed E-state index contributed by atoms with van der Waals surface area (Å²) in [4.78, 5) is 16.7. The summed E-state index contributed by atoms with van der Waals surface area (Å²) in [7, 11) is 1.69. The van der Waals surface area contributed by atoms with Crippen molar-refractivity contribution in [2.45, 2.75) is 26.3 Å². The topological polar surface area (TPSA) is 58.8 Å². The lowest BCUT2D eigenvalue weighted by Crippen LogP contribution is -2.49. The maximum Gasteiger partial charge on any atom is 0.228 e. The number of aryl methyl sites for hydroxylation is 1. The second-order valence-electron chi connectivity index (χ2n) is 6.48.